The molecule has 4 rings (SSSR count). The fourth-order valence-corrected chi connectivity index (χ4v) is 7.04. The Bertz CT molecular complexity index is 1220. The third-order valence-corrected chi connectivity index (χ3v) is 9.54. The molecule has 1 saturated carbocycles. The molecule has 3 N–H and O–H groups in total. The molecule has 8 nitrogen and oxygen atoms in total. The minimum atomic E-state index is -1.13. The van der Waals surface area contributed by atoms with Gasteiger partial charge in [-0.3, -0.25) is 24.3 Å². The van der Waals surface area contributed by atoms with Crippen molar-refractivity contribution in [2.45, 2.75) is 77.9 Å². The van der Waals surface area contributed by atoms with Crippen molar-refractivity contribution in [2.75, 3.05) is 7.05 Å². The number of pyridine rings is 1. The normalized spacial score (nSPS) is 29.9. The van der Waals surface area contributed by atoms with Gasteiger partial charge in [-0.15, -0.1) is 0 Å². The zero-order chi connectivity index (χ0) is 27.3. The van der Waals surface area contributed by atoms with Gasteiger partial charge >= 0.3 is 11.9 Å². The molecule has 5 atom stereocenters. The Morgan fingerprint density at radius 1 is 1.11 bits per heavy atom. The summed E-state index contributed by atoms with van der Waals surface area (Å²) >= 11 is 0. The summed E-state index contributed by atoms with van der Waals surface area (Å²) in [5, 5.41) is 25.4. The number of nitrogens with one attached hydrogen (secondary N) is 1. The summed E-state index contributed by atoms with van der Waals surface area (Å²) in [6.07, 6.45) is 3.84. The van der Waals surface area contributed by atoms with Crippen molar-refractivity contribution in [3.05, 3.63) is 42.2 Å². The lowest BCUT2D eigenvalue weighted by Gasteiger charge is -2.37. The van der Waals surface area contributed by atoms with E-state index < -0.39 is 34.2 Å². The highest BCUT2D eigenvalue weighted by Gasteiger charge is 2.65. The molecule has 0 bridgehead atoms. The van der Waals surface area contributed by atoms with Gasteiger partial charge in [0.1, 0.15) is 0 Å². The molecule has 2 heterocycles. The topological polar surface area (TPSA) is 120 Å². The summed E-state index contributed by atoms with van der Waals surface area (Å²) in [6.45, 7) is 9.11. The highest BCUT2D eigenvalue weighted by atomic mass is 16.4. The van der Waals surface area contributed by atoms with Crippen LogP contribution in [0.3, 0.4) is 0 Å². The first kappa shape index (κ1) is 27.0. The SMILES string of the molecule is CN1C(C2C[C@@](C)(C(=O)O)C(C)(C)[C@H]2C(=O)O)CC[C@H]1CC(=O)NC(C)(C)c1nccc2ccccc12. The third-order valence-electron chi connectivity index (χ3n) is 9.54. The number of benzene rings is 1. The van der Waals surface area contributed by atoms with Crippen molar-refractivity contribution in [3.63, 3.8) is 0 Å². The van der Waals surface area contributed by atoms with E-state index in [1.165, 1.54) is 0 Å². The average molecular weight is 510 g/mol. The predicted octanol–water partition coefficient (Wildman–Crippen LogP) is 4.28. The van der Waals surface area contributed by atoms with Crippen LogP contribution in [0.25, 0.3) is 10.8 Å². The maximum absolute atomic E-state index is 13.2. The Labute approximate surface area is 218 Å². The monoisotopic (exact) mass is 509 g/mol. The summed E-state index contributed by atoms with van der Waals surface area (Å²) in [5.41, 5.74) is -1.91. The molecule has 2 aliphatic rings. The first-order valence-electron chi connectivity index (χ1n) is 13.0. The second-order valence-electron chi connectivity index (χ2n) is 12.3. The highest BCUT2D eigenvalue weighted by molar-refractivity contribution is 5.86. The van der Waals surface area contributed by atoms with Crippen molar-refractivity contribution in [1.29, 1.82) is 0 Å². The van der Waals surface area contributed by atoms with Crippen molar-refractivity contribution >= 4 is 28.6 Å². The molecule has 1 aromatic carbocycles. The number of carboxylic acid groups (broad SMARTS) is 2. The van der Waals surface area contributed by atoms with Crippen LogP contribution in [0.4, 0.5) is 0 Å². The summed E-state index contributed by atoms with van der Waals surface area (Å²) in [5.74, 6) is -3.06. The van der Waals surface area contributed by atoms with E-state index in [0.29, 0.717) is 6.42 Å². The zero-order valence-corrected chi connectivity index (χ0v) is 22.6. The number of likely N-dealkylation sites (tertiary alicyclic amines) is 1. The Kier molecular flexibility index (Phi) is 6.86. The first-order valence-corrected chi connectivity index (χ1v) is 13.0. The van der Waals surface area contributed by atoms with Gasteiger partial charge in [0.05, 0.1) is 22.6 Å². The van der Waals surface area contributed by atoms with Crippen molar-refractivity contribution in [2.24, 2.45) is 22.7 Å². The number of carbonyl (C=O) groups is 3. The fraction of sp³-hybridized carbons (Fsp3) is 0.586. The second-order valence-corrected chi connectivity index (χ2v) is 12.3. The molecular weight excluding hydrogens is 470 g/mol. The third kappa shape index (κ3) is 4.49. The minimum absolute atomic E-state index is 0.0458. The van der Waals surface area contributed by atoms with Gasteiger partial charge < -0.3 is 15.5 Å². The number of carbonyl (C=O) groups excluding carboxylic acids is 1. The van der Waals surface area contributed by atoms with Gasteiger partial charge in [-0.05, 0) is 69.9 Å². The minimum Gasteiger partial charge on any atom is -0.481 e. The van der Waals surface area contributed by atoms with E-state index in [1.807, 2.05) is 51.2 Å². The standard InChI is InChI=1S/C29H39N3O5/c1-27(2)23(25(34)35)20(16-29(27,5)26(36)37)21-12-11-18(32(21)6)15-22(33)31-28(3,4)24-19-10-8-7-9-17(19)13-14-30-24/h7-10,13-14,18,20-21,23H,11-12,15-16H2,1-6H3,(H,31,33)(H,34,35)(H,36,37)/t18-,20?,21?,23+,29-/m0/s1. The molecule has 2 aromatic rings. The van der Waals surface area contributed by atoms with Gasteiger partial charge in [0, 0.05) is 30.1 Å². The number of fused-ring (bicyclic) bond motifs is 1. The number of rotatable bonds is 7. The van der Waals surface area contributed by atoms with E-state index in [1.54, 1.807) is 27.0 Å². The molecule has 0 spiro atoms. The molecule has 2 fully saturated rings. The molecule has 8 heteroatoms. The summed E-state index contributed by atoms with van der Waals surface area (Å²) < 4.78 is 0. The van der Waals surface area contributed by atoms with Crippen LogP contribution in [0.5, 0.6) is 0 Å². The number of aliphatic carboxylic acids is 2. The number of hydrogen-bond donors (Lipinski definition) is 3. The van der Waals surface area contributed by atoms with E-state index in [9.17, 15) is 24.6 Å². The van der Waals surface area contributed by atoms with E-state index in [-0.39, 0.29) is 30.3 Å². The van der Waals surface area contributed by atoms with E-state index in [4.69, 9.17) is 0 Å². The predicted molar refractivity (Wildman–Crippen MR) is 141 cm³/mol. The smallest absolute Gasteiger partial charge is 0.309 e. The molecule has 0 radical (unpaired) electrons. The Morgan fingerprint density at radius 2 is 1.78 bits per heavy atom. The molecule has 1 aliphatic carbocycles. The van der Waals surface area contributed by atoms with Crippen LogP contribution in [-0.2, 0) is 19.9 Å². The van der Waals surface area contributed by atoms with E-state index in [2.05, 4.69) is 15.2 Å². The van der Waals surface area contributed by atoms with E-state index >= 15 is 0 Å². The number of carboxylic acids is 2. The van der Waals surface area contributed by atoms with Gasteiger partial charge in [-0.25, -0.2) is 0 Å². The van der Waals surface area contributed by atoms with Gasteiger partial charge in [0.15, 0.2) is 0 Å². The second kappa shape index (κ2) is 9.39. The van der Waals surface area contributed by atoms with Crippen LogP contribution in [0.2, 0.25) is 0 Å². The Balaban J connectivity index is 1.49. The molecule has 1 amide bonds. The number of aromatic nitrogens is 1. The molecular formula is C29H39N3O5. The lowest BCUT2D eigenvalue weighted by atomic mass is 9.65. The maximum Gasteiger partial charge on any atom is 0.309 e. The Morgan fingerprint density at radius 3 is 2.43 bits per heavy atom. The summed E-state index contributed by atoms with van der Waals surface area (Å²) in [7, 11) is 1.94. The van der Waals surface area contributed by atoms with Crippen LogP contribution in [0.15, 0.2) is 36.5 Å². The Hall–Kier alpha value is -3.00. The van der Waals surface area contributed by atoms with Crippen LogP contribution in [0.1, 0.15) is 66.0 Å². The average Bonchev–Trinajstić information content (AvgIpc) is 3.26. The highest BCUT2D eigenvalue weighted by Crippen LogP contribution is 2.61. The van der Waals surface area contributed by atoms with Crippen LogP contribution < -0.4 is 5.32 Å². The van der Waals surface area contributed by atoms with Gasteiger partial charge in [-0.1, -0.05) is 38.1 Å². The lowest BCUT2D eigenvalue weighted by molar-refractivity contribution is -0.158. The van der Waals surface area contributed by atoms with Gasteiger partial charge in [0.25, 0.3) is 0 Å². The molecule has 37 heavy (non-hydrogen) atoms. The maximum atomic E-state index is 13.2. The first-order chi connectivity index (χ1) is 17.2. The zero-order valence-electron chi connectivity index (χ0n) is 22.6. The van der Waals surface area contributed by atoms with Gasteiger partial charge in [0.2, 0.25) is 5.91 Å². The van der Waals surface area contributed by atoms with Crippen LogP contribution >= 0.6 is 0 Å². The summed E-state index contributed by atoms with van der Waals surface area (Å²) in [6, 6.07) is 9.78. The number of amides is 1. The van der Waals surface area contributed by atoms with Crippen molar-refractivity contribution in [3.8, 4) is 0 Å². The van der Waals surface area contributed by atoms with Crippen LogP contribution in [0, 0.1) is 22.7 Å². The quantitative estimate of drug-likeness (QED) is 0.510. The molecule has 200 valence electrons. The largest absolute Gasteiger partial charge is 0.481 e. The molecule has 2 unspecified atom stereocenters. The van der Waals surface area contributed by atoms with E-state index in [0.717, 1.165) is 29.3 Å². The summed E-state index contributed by atoms with van der Waals surface area (Å²) in [4.78, 5) is 44.5. The molecule has 1 aromatic heterocycles. The van der Waals surface area contributed by atoms with Crippen molar-refractivity contribution in [1.82, 2.24) is 15.2 Å². The van der Waals surface area contributed by atoms with Gasteiger partial charge in [-0.2, -0.15) is 0 Å². The number of nitrogens with zero attached hydrogens (tertiary/aromatic N) is 2. The van der Waals surface area contributed by atoms with Crippen LogP contribution in [-0.4, -0.2) is 57.1 Å². The molecule has 1 aliphatic heterocycles. The van der Waals surface area contributed by atoms with Crippen molar-refractivity contribution < 1.29 is 24.6 Å². The lowest BCUT2D eigenvalue weighted by Crippen LogP contribution is -2.46. The molecule has 1 saturated heterocycles. The number of hydrogen-bond acceptors (Lipinski definition) is 5. The fourth-order valence-electron chi connectivity index (χ4n) is 7.04.